The van der Waals surface area contributed by atoms with Gasteiger partial charge in [-0.05, 0) is 32.9 Å². The lowest BCUT2D eigenvalue weighted by Crippen LogP contribution is -2.28. The van der Waals surface area contributed by atoms with Crippen molar-refractivity contribution in [3.63, 3.8) is 0 Å². The molecule has 0 aliphatic carbocycles. The largest absolute Gasteiger partial charge is 0.493 e. The van der Waals surface area contributed by atoms with Crippen molar-refractivity contribution >= 4 is 5.97 Å². The Hall–Kier alpha value is -1.95. The van der Waals surface area contributed by atoms with Gasteiger partial charge < -0.3 is 24.6 Å². The first-order chi connectivity index (χ1) is 10.4. The van der Waals surface area contributed by atoms with Crippen molar-refractivity contribution in [2.75, 3.05) is 27.9 Å². The van der Waals surface area contributed by atoms with E-state index in [1.165, 1.54) is 0 Å². The van der Waals surface area contributed by atoms with Crippen LogP contribution < -0.4 is 19.5 Å². The molecule has 0 aliphatic heterocycles. The number of aliphatic carboxylic acids is 1. The number of carbonyl (C=O) groups is 1. The van der Waals surface area contributed by atoms with Gasteiger partial charge in [-0.1, -0.05) is 6.07 Å². The molecule has 0 saturated heterocycles. The summed E-state index contributed by atoms with van der Waals surface area (Å²) in [5.74, 6) is 0.982. The molecule has 0 fully saturated rings. The number of carboxylic acid groups (broad SMARTS) is 1. The highest BCUT2D eigenvalue weighted by Gasteiger charge is 2.26. The third-order valence-corrected chi connectivity index (χ3v) is 3.61. The maximum atomic E-state index is 11.1. The van der Waals surface area contributed by atoms with Crippen molar-refractivity contribution in [2.45, 2.75) is 26.8 Å². The molecule has 0 spiro atoms. The molecule has 1 rings (SSSR count). The molecule has 1 aromatic rings. The van der Waals surface area contributed by atoms with Gasteiger partial charge in [0.2, 0.25) is 5.75 Å². The van der Waals surface area contributed by atoms with Gasteiger partial charge in [0, 0.05) is 12.1 Å². The Morgan fingerprint density at radius 2 is 1.77 bits per heavy atom. The van der Waals surface area contributed by atoms with E-state index in [9.17, 15) is 4.79 Å². The van der Waals surface area contributed by atoms with Crippen molar-refractivity contribution in [3.05, 3.63) is 17.7 Å². The second-order valence-corrected chi connectivity index (χ2v) is 5.61. The summed E-state index contributed by atoms with van der Waals surface area (Å²) in [6, 6.07) is 3.72. The Morgan fingerprint density at radius 3 is 2.27 bits per heavy atom. The van der Waals surface area contributed by atoms with Crippen LogP contribution in [0.25, 0.3) is 0 Å². The Labute approximate surface area is 131 Å². The van der Waals surface area contributed by atoms with E-state index < -0.39 is 11.4 Å². The first kappa shape index (κ1) is 18.1. The van der Waals surface area contributed by atoms with Crippen LogP contribution in [-0.4, -0.2) is 38.9 Å². The van der Waals surface area contributed by atoms with Crippen molar-refractivity contribution < 1.29 is 24.1 Å². The second kappa shape index (κ2) is 7.89. The predicted molar refractivity (Wildman–Crippen MR) is 83.8 cm³/mol. The lowest BCUT2D eigenvalue weighted by molar-refractivity contribution is -0.147. The SMILES string of the molecule is COc1ccc(CNCCC(C)(C)C(=O)O)c(OC)c1OC. The summed E-state index contributed by atoms with van der Waals surface area (Å²) in [7, 11) is 4.71. The minimum Gasteiger partial charge on any atom is -0.493 e. The molecule has 0 aliphatic rings. The first-order valence-corrected chi connectivity index (χ1v) is 7.09. The molecule has 0 aromatic heterocycles. The van der Waals surface area contributed by atoms with Gasteiger partial charge in [0.25, 0.3) is 0 Å². The van der Waals surface area contributed by atoms with Crippen LogP contribution in [-0.2, 0) is 11.3 Å². The van der Waals surface area contributed by atoms with Crippen LogP contribution >= 0.6 is 0 Å². The van der Waals surface area contributed by atoms with Crippen molar-refractivity contribution in [3.8, 4) is 17.2 Å². The van der Waals surface area contributed by atoms with Crippen LogP contribution in [0.5, 0.6) is 17.2 Å². The normalized spacial score (nSPS) is 11.1. The Balaban J connectivity index is 2.72. The van der Waals surface area contributed by atoms with E-state index in [2.05, 4.69) is 5.32 Å². The van der Waals surface area contributed by atoms with Crippen LogP contribution in [0.2, 0.25) is 0 Å². The summed E-state index contributed by atoms with van der Waals surface area (Å²) in [5.41, 5.74) is 0.183. The number of nitrogens with one attached hydrogen (secondary N) is 1. The summed E-state index contributed by atoms with van der Waals surface area (Å²) in [6.07, 6.45) is 0.540. The molecule has 2 N–H and O–H groups in total. The average molecular weight is 311 g/mol. The Kier molecular flexibility index (Phi) is 6.49. The maximum absolute atomic E-state index is 11.1. The number of hydrogen-bond acceptors (Lipinski definition) is 5. The highest BCUT2D eigenvalue weighted by molar-refractivity contribution is 5.73. The molecular formula is C16H25NO5. The standard InChI is InChI=1S/C16H25NO5/c1-16(2,15(18)19)8-9-17-10-11-6-7-12(20-3)14(22-5)13(11)21-4/h6-7,17H,8-10H2,1-5H3,(H,18,19). The van der Waals surface area contributed by atoms with E-state index in [-0.39, 0.29) is 0 Å². The Bertz CT molecular complexity index is 514. The molecule has 0 amide bonds. The molecule has 0 unspecified atom stereocenters. The quantitative estimate of drug-likeness (QED) is 0.682. The summed E-state index contributed by atoms with van der Waals surface area (Å²) in [6.45, 7) is 4.58. The maximum Gasteiger partial charge on any atom is 0.309 e. The van der Waals surface area contributed by atoms with Crippen molar-refractivity contribution in [2.24, 2.45) is 5.41 Å². The van der Waals surface area contributed by atoms with Gasteiger partial charge >= 0.3 is 5.97 Å². The molecule has 0 bridgehead atoms. The zero-order valence-electron chi connectivity index (χ0n) is 13.9. The first-order valence-electron chi connectivity index (χ1n) is 7.09. The highest BCUT2D eigenvalue weighted by Crippen LogP contribution is 2.39. The molecular weight excluding hydrogens is 286 g/mol. The van der Waals surface area contributed by atoms with Gasteiger partial charge in [0.05, 0.1) is 26.7 Å². The molecule has 124 valence electrons. The Morgan fingerprint density at radius 1 is 1.14 bits per heavy atom. The van der Waals surface area contributed by atoms with E-state index in [1.807, 2.05) is 12.1 Å². The average Bonchev–Trinajstić information content (AvgIpc) is 2.50. The highest BCUT2D eigenvalue weighted by atomic mass is 16.5. The van der Waals surface area contributed by atoms with E-state index >= 15 is 0 Å². The topological polar surface area (TPSA) is 77.0 Å². The fourth-order valence-electron chi connectivity index (χ4n) is 2.03. The van der Waals surface area contributed by atoms with Crippen LogP contribution in [0.4, 0.5) is 0 Å². The van der Waals surface area contributed by atoms with Crippen LogP contribution in [0, 0.1) is 5.41 Å². The molecule has 0 heterocycles. The van der Waals surface area contributed by atoms with Gasteiger partial charge in [-0.2, -0.15) is 0 Å². The molecule has 0 saturated carbocycles. The fraction of sp³-hybridized carbons (Fsp3) is 0.562. The summed E-state index contributed by atoms with van der Waals surface area (Å²) >= 11 is 0. The van der Waals surface area contributed by atoms with Gasteiger partial charge in [0.1, 0.15) is 0 Å². The predicted octanol–water partition coefficient (Wildman–Crippen LogP) is 2.30. The number of rotatable bonds is 9. The number of methoxy groups -OCH3 is 3. The summed E-state index contributed by atoms with van der Waals surface area (Å²) < 4.78 is 16.0. The van der Waals surface area contributed by atoms with Crippen molar-refractivity contribution in [1.82, 2.24) is 5.32 Å². The molecule has 0 atom stereocenters. The van der Waals surface area contributed by atoms with E-state index in [1.54, 1.807) is 35.2 Å². The van der Waals surface area contributed by atoms with E-state index in [0.29, 0.717) is 36.8 Å². The van der Waals surface area contributed by atoms with Gasteiger partial charge in [-0.15, -0.1) is 0 Å². The van der Waals surface area contributed by atoms with E-state index in [0.717, 1.165) is 5.56 Å². The van der Waals surface area contributed by atoms with Crippen molar-refractivity contribution in [1.29, 1.82) is 0 Å². The molecule has 6 nitrogen and oxygen atoms in total. The minimum atomic E-state index is -0.794. The van der Waals surface area contributed by atoms with Crippen LogP contribution in [0.3, 0.4) is 0 Å². The fourth-order valence-corrected chi connectivity index (χ4v) is 2.03. The lowest BCUT2D eigenvalue weighted by atomic mass is 9.90. The van der Waals surface area contributed by atoms with Gasteiger partial charge in [-0.25, -0.2) is 0 Å². The van der Waals surface area contributed by atoms with Crippen LogP contribution in [0.15, 0.2) is 12.1 Å². The number of carboxylic acids is 1. The monoisotopic (exact) mass is 311 g/mol. The van der Waals surface area contributed by atoms with Gasteiger partial charge in [-0.3, -0.25) is 4.79 Å². The molecule has 1 aromatic carbocycles. The zero-order chi connectivity index (χ0) is 16.8. The third kappa shape index (κ3) is 4.27. The second-order valence-electron chi connectivity index (χ2n) is 5.61. The molecule has 22 heavy (non-hydrogen) atoms. The zero-order valence-corrected chi connectivity index (χ0v) is 13.9. The number of ether oxygens (including phenoxy) is 3. The lowest BCUT2D eigenvalue weighted by Gasteiger charge is -2.20. The smallest absolute Gasteiger partial charge is 0.309 e. The minimum absolute atomic E-state index is 0.540. The van der Waals surface area contributed by atoms with Gasteiger partial charge in [0.15, 0.2) is 11.5 Å². The molecule has 6 heteroatoms. The molecule has 0 radical (unpaired) electrons. The van der Waals surface area contributed by atoms with Crippen LogP contribution in [0.1, 0.15) is 25.8 Å². The summed E-state index contributed by atoms with van der Waals surface area (Å²) in [5, 5.41) is 12.3. The summed E-state index contributed by atoms with van der Waals surface area (Å²) in [4.78, 5) is 11.1. The van der Waals surface area contributed by atoms with E-state index in [4.69, 9.17) is 19.3 Å². The third-order valence-electron chi connectivity index (χ3n) is 3.61. The number of benzene rings is 1. The number of hydrogen-bond donors (Lipinski definition) is 2.